The van der Waals surface area contributed by atoms with E-state index in [2.05, 4.69) is 15.6 Å². The minimum atomic E-state index is -0.475. The number of imide groups is 1. The molecule has 2 aromatic rings. The predicted molar refractivity (Wildman–Crippen MR) is 95.9 cm³/mol. The van der Waals surface area contributed by atoms with Gasteiger partial charge in [-0.3, -0.25) is 14.7 Å². The molecule has 1 aromatic carbocycles. The monoisotopic (exact) mass is 366 g/mol. The van der Waals surface area contributed by atoms with Crippen LogP contribution >= 0.6 is 23.4 Å². The van der Waals surface area contributed by atoms with Crippen molar-refractivity contribution in [3.05, 3.63) is 41.2 Å². The summed E-state index contributed by atoms with van der Waals surface area (Å²) in [6.45, 7) is 4.40. The van der Waals surface area contributed by atoms with Gasteiger partial charge in [-0.1, -0.05) is 36.4 Å². The topological polar surface area (TPSA) is 76.0 Å². The van der Waals surface area contributed by atoms with Crippen LogP contribution in [0, 0.1) is 6.92 Å². The summed E-state index contributed by atoms with van der Waals surface area (Å²) in [7, 11) is 0. The van der Waals surface area contributed by atoms with Gasteiger partial charge in [0.1, 0.15) is 0 Å². The second kappa shape index (κ2) is 8.75. The smallest absolute Gasteiger partial charge is 0.321 e. The van der Waals surface area contributed by atoms with E-state index in [1.165, 1.54) is 11.8 Å². The van der Waals surface area contributed by atoms with Crippen LogP contribution in [0.15, 0.2) is 35.7 Å². The van der Waals surface area contributed by atoms with E-state index >= 15 is 0 Å². The molecule has 1 aromatic heterocycles. The van der Waals surface area contributed by atoms with Crippen molar-refractivity contribution in [3.63, 3.8) is 0 Å². The zero-order valence-electron chi connectivity index (χ0n) is 13.5. The van der Waals surface area contributed by atoms with Gasteiger partial charge < -0.3 is 5.32 Å². The number of nitrogens with zero attached hydrogens (tertiary/aromatic N) is 2. The van der Waals surface area contributed by atoms with Crippen LogP contribution in [0.5, 0.6) is 0 Å². The molecule has 0 aliphatic carbocycles. The zero-order valence-corrected chi connectivity index (χ0v) is 15.1. The minimum Gasteiger partial charge on any atom is -0.338 e. The largest absolute Gasteiger partial charge is 0.338 e. The molecule has 2 N–H and O–H groups in total. The van der Waals surface area contributed by atoms with E-state index in [9.17, 15) is 9.59 Å². The molecule has 3 amide bonds. The van der Waals surface area contributed by atoms with Gasteiger partial charge in [0.25, 0.3) is 0 Å². The van der Waals surface area contributed by atoms with E-state index in [-0.39, 0.29) is 11.7 Å². The zero-order chi connectivity index (χ0) is 17.5. The molecule has 0 aliphatic heterocycles. The lowest BCUT2D eigenvalue weighted by Crippen LogP contribution is -2.40. The number of imidazole rings is 1. The predicted octanol–water partition coefficient (Wildman–Crippen LogP) is 3.16. The van der Waals surface area contributed by atoms with E-state index in [0.29, 0.717) is 16.7 Å². The lowest BCUT2D eigenvalue weighted by molar-refractivity contribution is -0.117. The van der Waals surface area contributed by atoms with Crippen molar-refractivity contribution in [2.75, 3.05) is 12.3 Å². The first kappa shape index (κ1) is 18.4. The number of aromatic nitrogens is 2. The Balaban J connectivity index is 2.00. The van der Waals surface area contributed by atoms with E-state index in [4.69, 9.17) is 11.6 Å². The van der Waals surface area contributed by atoms with Crippen molar-refractivity contribution in [1.29, 1.82) is 0 Å². The molecule has 0 atom stereocenters. The van der Waals surface area contributed by atoms with E-state index in [0.717, 1.165) is 17.7 Å². The number of hydrogen-bond acceptors (Lipinski definition) is 4. The van der Waals surface area contributed by atoms with Crippen molar-refractivity contribution in [1.82, 2.24) is 20.2 Å². The fourth-order valence-electron chi connectivity index (χ4n) is 2.01. The molecule has 8 heteroatoms. The number of urea groups is 1. The van der Waals surface area contributed by atoms with E-state index < -0.39 is 6.03 Å². The molecule has 0 bridgehead atoms. The Morgan fingerprint density at radius 2 is 2.17 bits per heavy atom. The number of amides is 3. The fourth-order valence-corrected chi connectivity index (χ4v) is 2.95. The summed E-state index contributed by atoms with van der Waals surface area (Å²) >= 11 is 7.41. The summed E-state index contributed by atoms with van der Waals surface area (Å²) in [6, 6.07) is 5.15. The fraction of sp³-hybridized carbons (Fsp3) is 0.312. The van der Waals surface area contributed by atoms with Gasteiger partial charge in [0.15, 0.2) is 5.16 Å². The third-order valence-electron chi connectivity index (χ3n) is 3.23. The molecular formula is C16H19ClN4O2S. The van der Waals surface area contributed by atoms with Crippen LogP contribution in [0.4, 0.5) is 4.79 Å². The van der Waals surface area contributed by atoms with Crippen LogP contribution in [-0.4, -0.2) is 33.8 Å². The first-order valence-corrected chi connectivity index (χ1v) is 8.88. The van der Waals surface area contributed by atoms with Gasteiger partial charge in [0.2, 0.25) is 5.91 Å². The quantitative estimate of drug-likeness (QED) is 0.770. The summed E-state index contributed by atoms with van der Waals surface area (Å²) in [5.41, 5.74) is 1.84. The Morgan fingerprint density at radius 1 is 1.38 bits per heavy atom. The summed E-state index contributed by atoms with van der Waals surface area (Å²) in [4.78, 5) is 27.6. The van der Waals surface area contributed by atoms with Crippen molar-refractivity contribution < 1.29 is 9.59 Å². The van der Waals surface area contributed by atoms with Crippen LogP contribution in [0.3, 0.4) is 0 Å². The third kappa shape index (κ3) is 4.75. The summed E-state index contributed by atoms with van der Waals surface area (Å²) < 4.78 is 1.87. The molecule has 0 saturated heterocycles. The first-order chi connectivity index (χ1) is 11.5. The van der Waals surface area contributed by atoms with Gasteiger partial charge in [-0.05, 0) is 31.0 Å². The SMILES string of the molecule is CCCNC(=O)NC(=O)CSc1nccn1-c1cccc(Cl)c1C. The van der Waals surface area contributed by atoms with Gasteiger partial charge in [0.05, 0.1) is 11.4 Å². The number of hydrogen-bond donors (Lipinski definition) is 2. The van der Waals surface area contributed by atoms with Gasteiger partial charge in [-0.15, -0.1) is 0 Å². The molecule has 24 heavy (non-hydrogen) atoms. The van der Waals surface area contributed by atoms with E-state index in [1.807, 2.05) is 42.8 Å². The first-order valence-electron chi connectivity index (χ1n) is 7.52. The normalized spacial score (nSPS) is 10.5. The summed E-state index contributed by atoms with van der Waals surface area (Å²) in [6.07, 6.45) is 4.29. The molecule has 0 aliphatic rings. The van der Waals surface area contributed by atoms with Gasteiger partial charge in [-0.25, -0.2) is 9.78 Å². The molecule has 0 radical (unpaired) electrons. The summed E-state index contributed by atoms with van der Waals surface area (Å²) in [5.74, 6) is -0.276. The molecule has 0 fully saturated rings. The molecule has 1 heterocycles. The molecule has 0 unspecified atom stereocenters. The highest BCUT2D eigenvalue weighted by Crippen LogP contribution is 2.26. The Labute approximate surface area is 150 Å². The molecule has 2 rings (SSSR count). The van der Waals surface area contributed by atoms with Gasteiger partial charge >= 0.3 is 6.03 Å². The Morgan fingerprint density at radius 3 is 2.92 bits per heavy atom. The standard InChI is InChI=1S/C16H19ClN4O2S/c1-3-7-18-15(23)20-14(22)10-24-16-19-8-9-21(16)13-6-4-5-12(17)11(13)2/h4-6,8-9H,3,7,10H2,1-2H3,(H2,18,20,22,23). The number of benzene rings is 1. The highest BCUT2D eigenvalue weighted by Gasteiger charge is 2.13. The number of carbonyl (C=O) groups is 2. The molecule has 6 nitrogen and oxygen atoms in total. The third-order valence-corrected chi connectivity index (χ3v) is 4.60. The molecule has 128 valence electrons. The van der Waals surface area contributed by atoms with Crippen LogP contribution in [0.1, 0.15) is 18.9 Å². The molecule has 0 saturated carbocycles. The average Bonchev–Trinajstić information content (AvgIpc) is 3.02. The van der Waals surface area contributed by atoms with Crippen molar-refractivity contribution in [2.45, 2.75) is 25.4 Å². The highest BCUT2D eigenvalue weighted by atomic mass is 35.5. The number of rotatable bonds is 6. The number of nitrogens with one attached hydrogen (secondary N) is 2. The second-order valence-corrected chi connectivity index (χ2v) is 6.41. The number of thioether (sulfide) groups is 1. The minimum absolute atomic E-state index is 0.0934. The van der Waals surface area contributed by atoms with Crippen LogP contribution in [-0.2, 0) is 4.79 Å². The van der Waals surface area contributed by atoms with E-state index in [1.54, 1.807) is 6.20 Å². The van der Waals surface area contributed by atoms with Crippen LogP contribution in [0.2, 0.25) is 5.02 Å². The van der Waals surface area contributed by atoms with Crippen molar-refractivity contribution in [3.8, 4) is 5.69 Å². The van der Waals surface area contributed by atoms with Crippen LogP contribution < -0.4 is 10.6 Å². The number of halogens is 1. The van der Waals surface area contributed by atoms with Crippen molar-refractivity contribution in [2.24, 2.45) is 0 Å². The van der Waals surface area contributed by atoms with Gasteiger partial charge in [0, 0.05) is 24.0 Å². The Kier molecular flexibility index (Phi) is 6.69. The lowest BCUT2D eigenvalue weighted by atomic mass is 10.2. The second-order valence-electron chi connectivity index (χ2n) is 5.06. The highest BCUT2D eigenvalue weighted by molar-refractivity contribution is 7.99. The molecular weight excluding hydrogens is 348 g/mol. The molecule has 0 spiro atoms. The maximum atomic E-state index is 11.8. The Bertz CT molecular complexity index is 733. The maximum Gasteiger partial charge on any atom is 0.321 e. The Hall–Kier alpha value is -1.99. The van der Waals surface area contributed by atoms with Crippen LogP contribution in [0.25, 0.3) is 5.69 Å². The number of carbonyl (C=O) groups excluding carboxylic acids is 2. The average molecular weight is 367 g/mol. The maximum absolute atomic E-state index is 11.8. The van der Waals surface area contributed by atoms with Crippen molar-refractivity contribution >= 4 is 35.3 Å². The van der Waals surface area contributed by atoms with Gasteiger partial charge in [-0.2, -0.15) is 0 Å². The lowest BCUT2D eigenvalue weighted by Gasteiger charge is -2.11. The summed E-state index contributed by atoms with van der Waals surface area (Å²) in [5, 5.41) is 6.21.